The highest BCUT2D eigenvalue weighted by Gasteiger charge is 2.23. The van der Waals surface area contributed by atoms with Crippen molar-refractivity contribution in [2.24, 2.45) is 7.05 Å². The number of aryl methyl sites for hydroxylation is 2. The summed E-state index contributed by atoms with van der Waals surface area (Å²) in [6.45, 7) is 1.94. The lowest BCUT2D eigenvalue weighted by Crippen LogP contribution is -2.10. The maximum Gasteiger partial charge on any atom is 0.410 e. The third-order valence-electron chi connectivity index (χ3n) is 4.31. The smallest absolute Gasteiger partial charge is 0.410 e. The minimum absolute atomic E-state index is 0.0440. The van der Waals surface area contributed by atoms with Crippen molar-refractivity contribution >= 4 is 17.6 Å². The molecule has 0 atom stereocenters. The summed E-state index contributed by atoms with van der Waals surface area (Å²) in [6.07, 6.45) is 0.264. The largest absolute Gasteiger partial charge is 0.490 e. The van der Waals surface area contributed by atoms with Gasteiger partial charge in [0, 0.05) is 13.1 Å². The van der Waals surface area contributed by atoms with Crippen LogP contribution in [0.3, 0.4) is 0 Å². The van der Waals surface area contributed by atoms with Gasteiger partial charge in [0.25, 0.3) is 0 Å². The van der Waals surface area contributed by atoms with Gasteiger partial charge in [-0.15, -0.1) is 0 Å². The predicted octanol–water partition coefficient (Wildman–Crippen LogP) is 2.91. The second-order valence-electron chi connectivity index (χ2n) is 6.58. The van der Waals surface area contributed by atoms with Crippen molar-refractivity contribution in [3.63, 3.8) is 0 Å². The first kappa shape index (κ1) is 21.6. The van der Waals surface area contributed by atoms with E-state index in [2.05, 4.69) is 20.4 Å². The molecule has 2 aromatic heterocycles. The summed E-state index contributed by atoms with van der Waals surface area (Å²) in [5.41, 5.74) is 2.02. The van der Waals surface area contributed by atoms with E-state index in [1.165, 1.54) is 24.2 Å². The van der Waals surface area contributed by atoms with Gasteiger partial charge >= 0.3 is 11.8 Å². The average Bonchev–Trinajstić information content (AvgIpc) is 3.15. The second kappa shape index (κ2) is 9.17. The minimum atomic E-state index is -1.22. The maximum absolute atomic E-state index is 11.6. The summed E-state index contributed by atoms with van der Waals surface area (Å²) in [4.78, 5) is 30.2. The molecule has 0 fully saturated rings. The summed E-state index contributed by atoms with van der Waals surface area (Å²) in [5.74, 6) is 0.527. The van der Waals surface area contributed by atoms with E-state index in [1.807, 2.05) is 6.92 Å². The lowest BCUT2D eigenvalue weighted by molar-refractivity contribution is -0.385. The van der Waals surface area contributed by atoms with E-state index in [0.29, 0.717) is 16.8 Å². The number of hydrogen-bond acceptors (Lipinski definition) is 8. The standard InChI is InChI=1S/C19H20N6O6/c1-11-4-5-16(22-19(26)27)21-14(11)9-31-8-12-6-13(18-20-10-24(2)23-18)17(30-3)15(7-12)25(28)29/h4-7,10H,8-9H2,1-3H3,(H,21,22)(H,26,27). The second-order valence-corrected chi connectivity index (χ2v) is 6.58. The van der Waals surface area contributed by atoms with Crippen molar-refractivity contribution in [2.75, 3.05) is 12.4 Å². The van der Waals surface area contributed by atoms with Crippen LogP contribution in [0.2, 0.25) is 0 Å². The van der Waals surface area contributed by atoms with Crippen LogP contribution in [0.25, 0.3) is 11.4 Å². The number of carboxylic acid groups (broad SMARTS) is 1. The van der Waals surface area contributed by atoms with Crippen LogP contribution in [-0.2, 0) is 25.0 Å². The highest BCUT2D eigenvalue weighted by molar-refractivity contribution is 5.81. The number of nitro benzene ring substituents is 1. The zero-order valence-corrected chi connectivity index (χ0v) is 17.0. The number of nitrogens with one attached hydrogen (secondary N) is 1. The fourth-order valence-corrected chi connectivity index (χ4v) is 2.90. The normalized spacial score (nSPS) is 10.7. The summed E-state index contributed by atoms with van der Waals surface area (Å²) in [6, 6.07) is 6.31. The molecule has 3 rings (SSSR count). The molecule has 12 nitrogen and oxygen atoms in total. The van der Waals surface area contributed by atoms with Crippen LogP contribution in [-0.4, -0.2) is 43.0 Å². The fraction of sp³-hybridized carbons (Fsp3) is 0.263. The number of benzene rings is 1. The Bertz CT molecular complexity index is 1130. The SMILES string of the molecule is COc1c(-c2ncn(C)n2)cc(COCc2nc(NC(=O)O)ccc2C)cc1[N+](=O)[O-]. The Morgan fingerprint density at radius 1 is 1.32 bits per heavy atom. The molecule has 3 aromatic rings. The molecule has 2 heterocycles. The van der Waals surface area contributed by atoms with Crippen molar-refractivity contribution in [2.45, 2.75) is 20.1 Å². The van der Waals surface area contributed by atoms with Gasteiger partial charge in [-0.25, -0.2) is 14.8 Å². The number of methoxy groups -OCH3 is 1. The minimum Gasteiger partial charge on any atom is -0.490 e. The number of pyridine rings is 1. The molecule has 162 valence electrons. The van der Waals surface area contributed by atoms with Gasteiger partial charge in [0.05, 0.1) is 36.5 Å². The van der Waals surface area contributed by atoms with Crippen molar-refractivity contribution in [1.82, 2.24) is 19.7 Å². The Labute approximate surface area is 176 Å². The van der Waals surface area contributed by atoms with Crippen molar-refractivity contribution in [3.8, 4) is 17.1 Å². The first-order valence-corrected chi connectivity index (χ1v) is 9.04. The molecule has 0 saturated heterocycles. The molecular weight excluding hydrogens is 408 g/mol. The van der Waals surface area contributed by atoms with Crippen LogP contribution in [0.5, 0.6) is 5.75 Å². The van der Waals surface area contributed by atoms with Crippen LogP contribution >= 0.6 is 0 Å². The van der Waals surface area contributed by atoms with Gasteiger partial charge < -0.3 is 14.6 Å². The van der Waals surface area contributed by atoms with Gasteiger partial charge in [0.2, 0.25) is 5.75 Å². The average molecular weight is 428 g/mol. The topological polar surface area (TPSA) is 155 Å². The summed E-state index contributed by atoms with van der Waals surface area (Å²) in [5, 5.41) is 26.8. The van der Waals surface area contributed by atoms with Gasteiger partial charge in [-0.05, 0) is 30.2 Å². The maximum atomic E-state index is 11.6. The molecule has 1 amide bonds. The van der Waals surface area contributed by atoms with Gasteiger partial charge in [0.15, 0.2) is 5.82 Å². The Morgan fingerprint density at radius 3 is 2.71 bits per heavy atom. The Balaban J connectivity index is 1.84. The van der Waals surface area contributed by atoms with E-state index in [0.717, 1.165) is 5.56 Å². The molecule has 2 N–H and O–H groups in total. The third-order valence-corrected chi connectivity index (χ3v) is 4.31. The van der Waals surface area contributed by atoms with E-state index in [-0.39, 0.29) is 36.3 Å². The lowest BCUT2D eigenvalue weighted by Gasteiger charge is -2.11. The third kappa shape index (κ3) is 5.11. The summed E-state index contributed by atoms with van der Waals surface area (Å²) in [7, 11) is 3.03. The summed E-state index contributed by atoms with van der Waals surface area (Å²) < 4.78 is 12.4. The molecule has 0 aliphatic heterocycles. The molecule has 0 bridgehead atoms. The zero-order valence-electron chi connectivity index (χ0n) is 17.0. The fourth-order valence-electron chi connectivity index (χ4n) is 2.90. The quantitative estimate of drug-likeness (QED) is 0.407. The van der Waals surface area contributed by atoms with Crippen LogP contribution in [0.15, 0.2) is 30.6 Å². The monoisotopic (exact) mass is 428 g/mol. The number of rotatable bonds is 8. The van der Waals surface area contributed by atoms with E-state index in [1.54, 1.807) is 25.2 Å². The van der Waals surface area contributed by atoms with Crippen LogP contribution < -0.4 is 10.1 Å². The Morgan fingerprint density at radius 2 is 2.10 bits per heavy atom. The van der Waals surface area contributed by atoms with Gasteiger partial charge in [0.1, 0.15) is 12.1 Å². The predicted molar refractivity (Wildman–Crippen MR) is 109 cm³/mol. The molecule has 0 spiro atoms. The van der Waals surface area contributed by atoms with Crippen molar-refractivity contribution < 1.29 is 24.3 Å². The van der Waals surface area contributed by atoms with Crippen LogP contribution in [0.1, 0.15) is 16.8 Å². The first-order chi connectivity index (χ1) is 14.8. The lowest BCUT2D eigenvalue weighted by atomic mass is 10.1. The van der Waals surface area contributed by atoms with Gasteiger partial charge in [-0.3, -0.25) is 20.1 Å². The molecule has 0 unspecified atom stereocenters. The zero-order chi connectivity index (χ0) is 22.5. The molecule has 31 heavy (non-hydrogen) atoms. The number of nitrogens with zero attached hydrogens (tertiary/aromatic N) is 5. The molecule has 12 heteroatoms. The molecular formula is C19H20N6O6. The van der Waals surface area contributed by atoms with E-state index in [9.17, 15) is 14.9 Å². The van der Waals surface area contributed by atoms with Crippen LogP contribution in [0.4, 0.5) is 16.3 Å². The number of ether oxygens (including phenoxy) is 2. The first-order valence-electron chi connectivity index (χ1n) is 9.04. The van der Waals surface area contributed by atoms with Gasteiger partial charge in [-0.2, -0.15) is 5.10 Å². The number of hydrogen-bond donors (Lipinski definition) is 2. The Kier molecular flexibility index (Phi) is 6.40. The van der Waals surface area contributed by atoms with E-state index >= 15 is 0 Å². The van der Waals surface area contributed by atoms with E-state index < -0.39 is 11.0 Å². The number of amides is 1. The number of anilines is 1. The highest BCUT2D eigenvalue weighted by atomic mass is 16.6. The molecule has 0 aliphatic carbocycles. The highest BCUT2D eigenvalue weighted by Crippen LogP contribution is 2.37. The number of carbonyl (C=O) groups is 1. The summed E-state index contributed by atoms with van der Waals surface area (Å²) >= 11 is 0. The van der Waals surface area contributed by atoms with Crippen molar-refractivity contribution in [1.29, 1.82) is 0 Å². The van der Waals surface area contributed by atoms with Gasteiger partial charge in [-0.1, -0.05) is 6.07 Å². The number of aromatic nitrogens is 4. The van der Waals surface area contributed by atoms with Crippen molar-refractivity contribution in [3.05, 3.63) is 57.5 Å². The van der Waals surface area contributed by atoms with Crippen LogP contribution in [0, 0.1) is 17.0 Å². The molecule has 0 aliphatic rings. The number of nitro groups is 1. The Hall–Kier alpha value is -4.06. The van der Waals surface area contributed by atoms with E-state index in [4.69, 9.17) is 14.6 Å². The molecule has 1 aromatic carbocycles. The molecule has 0 saturated carbocycles. The molecule has 0 radical (unpaired) electrons.